The van der Waals surface area contributed by atoms with Gasteiger partial charge in [-0.25, -0.2) is 9.59 Å². The molecule has 306 valence electrons. The van der Waals surface area contributed by atoms with Crippen LogP contribution < -0.4 is 9.80 Å². The number of carbonyl (C=O) groups is 2. The Morgan fingerprint density at radius 2 is 0.548 bits per heavy atom. The van der Waals surface area contributed by atoms with Crippen molar-refractivity contribution in [1.82, 2.24) is 0 Å². The summed E-state index contributed by atoms with van der Waals surface area (Å²) in [4.78, 5) is 27.6. The van der Waals surface area contributed by atoms with Crippen molar-refractivity contribution < 1.29 is 28.5 Å². The zero-order valence-electron chi connectivity index (χ0n) is 34.4. The Morgan fingerprint density at radius 3 is 0.790 bits per heavy atom. The molecule has 0 heterocycles. The maximum absolute atomic E-state index is 11.6. The predicted molar refractivity (Wildman–Crippen MR) is 247 cm³/mol. The maximum atomic E-state index is 11.6. The minimum absolute atomic E-state index is 0.116. The lowest BCUT2D eigenvalue weighted by Gasteiger charge is -2.27. The number of carbonyl (C=O) groups excluding carboxylic acids is 2. The summed E-state index contributed by atoms with van der Waals surface area (Å²) in [5.41, 5.74) is 14.3. The van der Waals surface area contributed by atoms with Gasteiger partial charge in [-0.2, -0.15) is 0 Å². The Kier molecular flexibility index (Phi) is 12.7. The molecule has 0 bridgehead atoms. The quantitative estimate of drug-likeness (QED) is 0.106. The Balaban J connectivity index is 1.07. The Bertz CT molecular complexity index is 2500. The van der Waals surface area contributed by atoms with Crippen LogP contribution in [0.5, 0.6) is 0 Å². The summed E-state index contributed by atoms with van der Waals surface area (Å²) in [6.07, 6.45) is -1.43. The number of nitrogens with zero attached hydrogens (tertiary/aromatic N) is 2. The molecule has 8 aromatic rings. The van der Waals surface area contributed by atoms with Crippen LogP contribution in [0.15, 0.2) is 206 Å². The van der Waals surface area contributed by atoms with Gasteiger partial charge in [0.1, 0.15) is 13.2 Å². The van der Waals surface area contributed by atoms with E-state index in [2.05, 4.69) is 141 Å². The van der Waals surface area contributed by atoms with Gasteiger partial charge in [-0.3, -0.25) is 0 Å². The summed E-state index contributed by atoms with van der Waals surface area (Å²) in [5, 5.41) is 0. The highest BCUT2D eigenvalue weighted by atomic mass is 16.7. The first kappa shape index (κ1) is 40.7. The zero-order valence-corrected chi connectivity index (χ0v) is 34.4. The lowest BCUT2D eigenvalue weighted by molar-refractivity contribution is 0.0660. The van der Waals surface area contributed by atoms with E-state index in [0.717, 1.165) is 78.6 Å². The molecule has 8 aromatic carbocycles. The summed E-state index contributed by atoms with van der Waals surface area (Å²) >= 11 is 0. The molecular formula is C54H44N2O6. The molecule has 0 amide bonds. The van der Waals surface area contributed by atoms with Crippen LogP contribution in [0.2, 0.25) is 0 Å². The van der Waals surface area contributed by atoms with E-state index in [9.17, 15) is 9.59 Å². The van der Waals surface area contributed by atoms with E-state index in [1.165, 1.54) is 14.2 Å². The van der Waals surface area contributed by atoms with E-state index in [0.29, 0.717) is 0 Å². The standard InChI is InChI=1S/C54H44N2O6/c1-59-53(57)61-37-39-13-25-47(26-14-39)55(49-29-17-43(18-30-49)41-9-5-3-6-10-41)51-33-21-45(22-34-51)46-23-35-52(36-24-46)56(48-27-15-40(16-28-48)38-62-54(58)60-2)50-31-19-44(20-32-50)42-11-7-4-8-12-42/h3-36H,37-38H2,1-2H3. The largest absolute Gasteiger partial charge is 0.508 e. The van der Waals surface area contributed by atoms with Gasteiger partial charge in [0.2, 0.25) is 0 Å². The molecule has 0 aliphatic carbocycles. The molecule has 0 spiro atoms. The summed E-state index contributed by atoms with van der Waals surface area (Å²) < 4.78 is 19.6. The number of rotatable bonds is 13. The Hall–Kier alpha value is -8.10. The van der Waals surface area contributed by atoms with Crippen molar-refractivity contribution in [1.29, 1.82) is 0 Å². The first-order valence-electron chi connectivity index (χ1n) is 20.2. The Labute approximate surface area is 361 Å². The van der Waals surface area contributed by atoms with Crippen molar-refractivity contribution in [2.45, 2.75) is 13.2 Å². The average Bonchev–Trinajstić information content (AvgIpc) is 3.35. The van der Waals surface area contributed by atoms with Crippen LogP contribution in [0.3, 0.4) is 0 Å². The highest BCUT2D eigenvalue weighted by molar-refractivity contribution is 5.82. The molecule has 0 N–H and O–H groups in total. The third kappa shape index (κ3) is 9.67. The third-order valence-corrected chi connectivity index (χ3v) is 10.5. The summed E-state index contributed by atoms with van der Waals surface area (Å²) in [6.45, 7) is 0.232. The van der Waals surface area contributed by atoms with Gasteiger partial charge < -0.3 is 28.7 Å². The maximum Gasteiger partial charge on any atom is 0.508 e. The fourth-order valence-corrected chi connectivity index (χ4v) is 7.25. The smallest absolute Gasteiger partial charge is 0.438 e. The molecule has 0 atom stereocenters. The van der Waals surface area contributed by atoms with Crippen molar-refractivity contribution in [2.24, 2.45) is 0 Å². The molecule has 0 radical (unpaired) electrons. The van der Waals surface area contributed by atoms with Crippen LogP contribution in [0, 0.1) is 0 Å². The SMILES string of the molecule is COC(=O)OCc1ccc(N(c2ccc(-c3ccccc3)cc2)c2ccc(-c3ccc(N(c4ccc(COC(=O)OC)cc4)c4ccc(-c5ccccc5)cc4)cc3)cc2)cc1. The summed E-state index contributed by atoms with van der Waals surface area (Å²) in [7, 11) is 2.59. The summed E-state index contributed by atoms with van der Waals surface area (Å²) in [6, 6.07) is 70.8. The molecular weight excluding hydrogens is 773 g/mol. The molecule has 0 fully saturated rings. The highest BCUT2D eigenvalue weighted by Gasteiger charge is 2.16. The molecule has 0 aliphatic rings. The van der Waals surface area contributed by atoms with E-state index < -0.39 is 12.3 Å². The molecule has 0 saturated heterocycles. The lowest BCUT2D eigenvalue weighted by atomic mass is 10.0. The van der Waals surface area contributed by atoms with Gasteiger partial charge in [0.15, 0.2) is 0 Å². The fraction of sp³-hybridized carbons (Fsp3) is 0.0741. The predicted octanol–water partition coefficient (Wildman–Crippen LogP) is 14.2. The number of hydrogen-bond donors (Lipinski definition) is 0. The topological polar surface area (TPSA) is 77.5 Å². The van der Waals surface area contributed by atoms with Gasteiger partial charge in [-0.15, -0.1) is 0 Å². The molecule has 0 aliphatic heterocycles. The van der Waals surface area contributed by atoms with E-state index in [-0.39, 0.29) is 13.2 Å². The van der Waals surface area contributed by atoms with Crippen molar-refractivity contribution in [3.05, 3.63) is 217 Å². The molecule has 0 unspecified atom stereocenters. The first-order valence-corrected chi connectivity index (χ1v) is 20.2. The van der Waals surface area contributed by atoms with Crippen molar-refractivity contribution in [3.63, 3.8) is 0 Å². The van der Waals surface area contributed by atoms with Crippen molar-refractivity contribution in [3.8, 4) is 33.4 Å². The van der Waals surface area contributed by atoms with Crippen molar-refractivity contribution >= 4 is 46.4 Å². The van der Waals surface area contributed by atoms with Crippen molar-refractivity contribution in [2.75, 3.05) is 24.0 Å². The van der Waals surface area contributed by atoms with Gasteiger partial charge >= 0.3 is 12.3 Å². The zero-order chi connectivity index (χ0) is 42.7. The van der Waals surface area contributed by atoms with Crippen LogP contribution in [-0.2, 0) is 32.2 Å². The van der Waals surface area contributed by atoms with Crippen LogP contribution in [-0.4, -0.2) is 26.5 Å². The second-order valence-electron chi connectivity index (χ2n) is 14.4. The summed E-state index contributed by atoms with van der Waals surface area (Å²) in [5.74, 6) is 0. The lowest BCUT2D eigenvalue weighted by Crippen LogP contribution is -2.10. The first-order chi connectivity index (χ1) is 30.4. The van der Waals surface area contributed by atoms with Gasteiger partial charge in [0.25, 0.3) is 0 Å². The minimum atomic E-state index is -0.717. The number of benzene rings is 8. The number of anilines is 6. The van der Waals surface area contributed by atoms with Gasteiger partial charge in [-0.05, 0) is 117 Å². The van der Waals surface area contributed by atoms with Gasteiger partial charge in [-0.1, -0.05) is 133 Å². The van der Waals surface area contributed by atoms with E-state index in [1.807, 2.05) is 84.9 Å². The molecule has 8 rings (SSSR count). The fourth-order valence-electron chi connectivity index (χ4n) is 7.25. The van der Waals surface area contributed by atoms with Gasteiger partial charge in [0.05, 0.1) is 14.2 Å². The van der Waals surface area contributed by atoms with Crippen LogP contribution in [0.25, 0.3) is 33.4 Å². The van der Waals surface area contributed by atoms with Crippen LogP contribution in [0.4, 0.5) is 43.7 Å². The number of hydrogen-bond acceptors (Lipinski definition) is 8. The van der Waals surface area contributed by atoms with E-state index in [1.54, 1.807) is 0 Å². The second-order valence-corrected chi connectivity index (χ2v) is 14.4. The molecule has 0 saturated carbocycles. The molecule has 0 aromatic heterocycles. The molecule has 8 nitrogen and oxygen atoms in total. The molecule has 62 heavy (non-hydrogen) atoms. The second kappa shape index (κ2) is 19.3. The average molecular weight is 817 g/mol. The van der Waals surface area contributed by atoms with Gasteiger partial charge in [0, 0.05) is 34.1 Å². The molecule has 8 heteroatoms. The number of methoxy groups -OCH3 is 2. The van der Waals surface area contributed by atoms with E-state index in [4.69, 9.17) is 9.47 Å². The van der Waals surface area contributed by atoms with Crippen LogP contribution >= 0.6 is 0 Å². The van der Waals surface area contributed by atoms with E-state index >= 15 is 0 Å². The Morgan fingerprint density at radius 1 is 0.323 bits per heavy atom. The third-order valence-electron chi connectivity index (χ3n) is 10.5. The minimum Gasteiger partial charge on any atom is -0.438 e. The van der Waals surface area contributed by atoms with Crippen LogP contribution in [0.1, 0.15) is 11.1 Å². The normalized spacial score (nSPS) is 10.7. The number of ether oxygens (including phenoxy) is 4. The highest BCUT2D eigenvalue weighted by Crippen LogP contribution is 2.39. The monoisotopic (exact) mass is 816 g/mol.